The molecular formula is C20H20O2. The third-order valence-electron chi connectivity index (χ3n) is 6.05. The lowest BCUT2D eigenvalue weighted by Crippen LogP contribution is -2.17. The zero-order valence-electron chi connectivity index (χ0n) is 12.7. The molecule has 0 radical (unpaired) electrons. The number of carbonyl (C=O) groups is 1. The van der Waals surface area contributed by atoms with Crippen LogP contribution >= 0.6 is 0 Å². The average molecular weight is 292 g/mol. The number of ether oxygens (including phenoxy) is 1. The fraction of sp³-hybridized carbons (Fsp3) is 0.450. The maximum Gasteiger partial charge on any atom is 0.317 e. The summed E-state index contributed by atoms with van der Waals surface area (Å²) in [5.41, 5.74) is 5.25. The van der Waals surface area contributed by atoms with E-state index in [-0.39, 0.29) is 17.5 Å². The van der Waals surface area contributed by atoms with Crippen molar-refractivity contribution in [3.05, 3.63) is 58.7 Å². The first kappa shape index (κ1) is 12.7. The smallest absolute Gasteiger partial charge is 0.317 e. The van der Waals surface area contributed by atoms with E-state index in [0.29, 0.717) is 5.92 Å². The van der Waals surface area contributed by atoms with Crippen LogP contribution in [0, 0.1) is 11.3 Å². The van der Waals surface area contributed by atoms with Gasteiger partial charge in [0.2, 0.25) is 0 Å². The highest BCUT2D eigenvalue weighted by molar-refractivity contribution is 5.89. The topological polar surface area (TPSA) is 26.3 Å². The number of allylic oxidation sites excluding steroid dienone is 3. The first-order valence-corrected chi connectivity index (χ1v) is 8.48. The number of benzene rings is 1. The van der Waals surface area contributed by atoms with Gasteiger partial charge in [0.25, 0.3) is 0 Å². The predicted molar refractivity (Wildman–Crippen MR) is 84.0 cm³/mol. The lowest BCUT2D eigenvalue weighted by atomic mass is 9.80. The molecule has 0 N–H and O–H groups in total. The fourth-order valence-electron chi connectivity index (χ4n) is 4.77. The van der Waals surface area contributed by atoms with E-state index in [9.17, 15) is 4.79 Å². The van der Waals surface area contributed by atoms with Gasteiger partial charge in [-0.15, -0.1) is 0 Å². The van der Waals surface area contributed by atoms with Crippen molar-refractivity contribution in [2.45, 2.75) is 44.6 Å². The average Bonchev–Trinajstić information content (AvgIpc) is 2.92. The molecule has 3 aliphatic carbocycles. The van der Waals surface area contributed by atoms with E-state index in [0.717, 1.165) is 18.4 Å². The molecule has 3 atom stereocenters. The quantitative estimate of drug-likeness (QED) is 0.713. The molecular weight excluding hydrogens is 272 g/mol. The highest BCUT2D eigenvalue weighted by Crippen LogP contribution is 2.70. The molecule has 1 aromatic carbocycles. The molecule has 1 aliphatic heterocycles. The minimum Gasteiger partial charge on any atom is -0.452 e. The summed E-state index contributed by atoms with van der Waals surface area (Å²) < 4.78 is 5.82. The summed E-state index contributed by atoms with van der Waals surface area (Å²) in [5.74, 6) is 0.518. The van der Waals surface area contributed by atoms with E-state index in [1.165, 1.54) is 36.8 Å². The van der Waals surface area contributed by atoms with Gasteiger partial charge >= 0.3 is 5.97 Å². The van der Waals surface area contributed by atoms with Gasteiger partial charge in [0.05, 0.1) is 5.41 Å². The minimum absolute atomic E-state index is 0.0214. The summed E-state index contributed by atoms with van der Waals surface area (Å²) in [4.78, 5) is 12.5. The molecule has 3 fully saturated rings. The zero-order chi connectivity index (χ0) is 14.7. The predicted octanol–water partition coefficient (Wildman–Crippen LogP) is 4.49. The summed E-state index contributed by atoms with van der Waals surface area (Å²) >= 11 is 0. The maximum absolute atomic E-state index is 12.5. The van der Waals surface area contributed by atoms with Crippen LogP contribution in [0.5, 0.6) is 0 Å². The Hall–Kier alpha value is -1.83. The SMILES string of the molecule is O=C1OC(c2ccccc2)C2=CC(=C3CCCC3)CC3CC123. The van der Waals surface area contributed by atoms with Crippen molar-refractivity contribution in [1.29, 1.82) is 0 Å². The lowest BCUT2D eigenvalue weighted by molar-refractivity contribution is -0.145. The molecule has 1 saturated heterocycles. The van der Waals surface area contributed by atoms with Crippen LogP contribution in [0.3, 0.4) is 0 Å². The highest BCUT2D eigenvalue weighted by atomic mass is 16.6. The monoisotopic (exact) mass is 292 g/mol. The standard InChI is InChI=1S/C20H20O2/c21-19-20-12-16(20)10-15(13-6-4-5-7-13)11-17(20)18(22-19)14-8-2-1-3-9-14/h1-3,8-9,11,16,18H,4-7,10,12H2. The Morgan fingerprint density at radius 3 is 2.64 bits per heavy atom. The highest BCUT2D eigenvalue weighted by Gasteiger charge is 2.70. The van der Waals surface area contributed by atoms with Crippen LogP contribution in [0.25, 0.3) is 0 Å². The van der Waals surface area contributed by atoms with Gasteiger partial charge in [-0.3, -0.25) is 4.79 Å². The third-order valence-corrected chi connectivity index (χ3v) is 6.05. The van der Waals surface area contributed by atoms with Crippen molar-refractivity contribution in [2.75, 3.05) is 0 Å². The molecule has 2 saturated carbocycles. The number of hydrogen-bond donors (Lipinski definition) is 0. The van der Waals surface area contributed by atoms with Crippen molar-refractivity contribution in [3.63, 3.8) is 0 Å². The van der Waals surface area contributed by atoms with Gasteiger partial charge in [-0.05, 0) is 61.2 Å². The molecule has 1 aromatic rings. The molecule has 22 heavy (non-hydrogen) atoms. The second kappa shape index (κ2) is 4.34. The van der Waals surface area contributed by atoms with Crippen LogP contribution in [0.4, 0.5) is 0 Å². The number of cyclic esters (lactones) is 1. The number of esters is 1. The number of rotatable bonds is 1. The molecule has 4 aliphatic rings. The van der Waals surface area contributed by atoms with E-state index in [1.54, 1.807) is 5.57 Å². The second-order valence-corrected chi connectivity index (χ2v) is 7.21. The fourth-order valence-corrected chi connectivity index (χ4v) is 4.77. The van der Waals surface area contributed by atoms with Gasteiger partial charge in [0, 0.05) is 0 Å². The molecule has 112 valence electrons. The van der Waals surface area contributed by atoms with E-state index < -0.39 is 0 Å². The molecule has 2 nitrogen and oxygen atoms in total. The lowest BCUT2D eigenvalue weighted by Gasteiger charge is -2.20. The van der Waals surface area contributed by atoms with Crippen LogP contribution in [0.15, 0.2) is 53.1 Å². The van der Waals surface area contributed by atoms with Gasteiger partial charge in [0.1, 0.15) is 6.10 Å². The molecule has 0 aromatic heterocycles. The number of hydrogen-bond acceptors (Lipinski definition) is 2. The van der Waals surface area contributed by atoms with Crippen molar-refractivity contribution in [2.24, 2.45) is 11.3 Å². The Morgan fingerprint density at radius 1 is 1.09 bits per heavy atom. The third kappa shape index (κ3) is 1.58. The maximum atomic E-state index is 12.5. The van der Waals surface area contributed by atoms with Crippen LogP contribution in [0.1, 0.15) is 50.2 Å². The summed E-state index contributed by atoms with van der Waals surface area (Å²) in [6.45, 7) is 0. The summed E-state index contributed by atoms with van der Waals surface area (Å²) in [6, 6.07) is 10.2. The first-order valence-electron chi connectivity index (χ1n) is 8.48. The van der Waals surface area contributed by atoms with E-state index in [4.69, 9.17) is 4.74 Å². The van der Waals surface area contributed by atoms with Crippen molar-refractivity contribution >= 4 is 5.97 Å². The van der Waals surface area contributed by atoms with Crippen LogP contribution in [0.2, 0.25) is 0 Å². The van der Waals surface area contributed by atoms with Crippen molar-refractivity contribution in [1.82, 2.24) is 0 Å². The molecule has 1 spiro atoms. The Labute approximate surface area is 130 Å². The van der Waals surface area contributed by atoms with Crippen LogP contribution in [-0.2, 0) is 9.53 Å². The van der Waals surface area contributed by atoms with Crippen molar-refractivity contribution < 1.29 is 9.53 Å². The molecule has 0 bridgehead atoms. The first-order chi connectivity index (χ1) is 10.8. The van der Waals surface area contributed by atoms with E-state index >= 15 is 0 Å². The van der Waals surface area contributed by atoms with Gasteiger partial charge < -0.3 is 4.74 Å². The van der Waals surface area contributed by atoms with Crippen molar-refractivity contribution in [3.8, 4) is 0 Å². The Morgan fingerprint density at radius 2 is 1.86 bits per heavy atom. The summed E-state index contributed by atoms with van der Waals surface area (Å²) in [7, 11) is 0. The Kier molecular flexibility index (Phi) is 2.51. The molecule has 1 heterocycles. The second-order valence-electron chi connectivity index (χ2n) is 7.21. The molecule has 3 unspecified atom stereocenters. The summed E-state index contributed by atoms with van der Waals surface area (Å²) in [6.07, 6.45) is 9.44. The number of carbonyl (C=O) groups excluding carboxylic acids is 1. The van der Waals surface area contributed by atoms with Gasteiger partial charge in [-0.25, -0.2) is 0 Å². The van der Waals surface area contributed by atoms with Gasteiger partial charge in [-0.2, -0.15) is 0 Å². The molecule has 2 heteroatoms. The van der Waals surface area contributed by atoms with Crippen LogP contribution in [-0.4, -0.2) is 5.97 Å². The zero-order valence-corrected chi connectivity index (χ0v) is 12.7. The summed E-state index contributed by atoms with van der Waals surface area (Å²) in [5, 5.41) is 0. The Balaban J connectivity index is 1.62. The largest absolute Gasteiger partial charge is 0.452 e. The van der Waals surface area contributed by atoms with E-state index in [2.05, 4.69) is 18.2 Å². The molecule has 0 amide bonds. The van der Waals surface area contributed by atoms with Gasteiger partial charge in [-0.1, -0.05) is 42.0 Å². The van der Waals surface area contributed by atoms with Crippen LogP contribution < -0.4 is 0 Å². The molecule has 5 rings (SSSR count). The van der Waals surface area contributed by atoms with Gasteiger partial charge in [0.15, 0.2) is 0 Å². The Bertz CT molecular complexity index is 704. The normalized spacial score (nSPS) is 35.8. The van der Waals surface area contributed by atoms with E-state index in [1.807, 2.05) is 18.2 Å². The minimum atomic E-state index is -0.261.